The largest absolute Gasteiger partial charge is 0.449 e. The van der Waals surface area contributed by atoms with E-state index in [-0.39, 0.29) is 23.8 Å². The molecular formula is C21H19F3N4O3S. The van der Waals surface area contributed by atoms with Crippen LogP contribution in [-0.4, -0.2) is 38.5 Å². The maximum absolute atomic E-state index is 14.2. The predicted molar refractivity (Wildman–Crippen MR) is 116 cm³/mol. The van der Waals surface area contributed by atoms with Gasteiger partial charge < -0.3 is 10.1 Å². The summed E-state index contributed by atoms with van der Waals surface area (Å²) in [5.74, 6) is -2.67. The smallest absolute Gasteiger partial charge is 0.418 e. The van der Waals surface area contributed by atoms with Gasteiger partial charge >= 0.3 is 6.09 Å². The van der Waals surface area contributed by atoms with Gasteiger partial charge in [0.1, 0.15) is 17.3 Å². The van der Waals surface area contributed by atoms with Crippen molar-refractivity contribution in [2.24, 2.45) is 0 Å². The molecule has 3 rings (SSSR count). The minimum atomic E-state index is -2.88. The molecule has 0 aliphatic heterocycles. The highest BCUT2D eigenvalue weighted by Gasteiger charge is 2.15. The molecule has 0 radical (unpaired) electrons. The summed E-state index contributed by atoms with van der Waals surface area (Å²) >= 11 is 0. The van der Waals surface area contributed by atoms with Gasteiger partial charge in [-0.1, -0.05) is 12.1 Å². The van der Waals surface area contributed by atoms with Crippen molar-refractivity contribution in [3.05, 3.63) is 71.7 Å². The Hall–Kier alpha value is -3.60. The molecule has 0 saturated heterocycles. The minimum absolute atomic E-state index is 0.0378. The second-order valence-electron chi connectivity index (χ2n) is 6.61. The van der Waals surface area contributed by atoms with E-state index >= 15 is 0 Å². The lowest BCUT2D eigenvalue weighted by atomic mass is 10.1. The van der Waals surface area contributed by atoms with Gasteiger partial charge in [0.15, 0.2) is 5.82 Å². The molecule has 1 amide bonds. The molecule has 7 nitrogen and oxygen atoms in total. The average molecular weight is 464 g/mol. The zero-order chi connectivity index (χ0) is 23.3. The van der Waals surface area contributed by atoms with Crippen molar-refractivity contribution in [3.63, 3.8) is 0 Å². The molecule has 32 heavy (non-hydrogen) atoms. The molecule has 1 atom stereocenters. The molecule has 1 aromatic heterocycles. The Balaban J connectivity index is 1.87. The highest BCUT2D eigenvalue weighted by molar-refractivity contribution is 7.99. The van der Waals surface area contributed by atoms with Crippen LogP contribution in [-0.2, 0) is 14.4 Å². The quantitative estimate of drug-likeness (QED) is 0.535. The number of carbonyl (C=O) groups excluding carboxylic acids is 1. The van der Waals surface area contributed by atoms with Crippen molar-refractivity contribution in [3.8, 4) is 11.3 Å². The Kier molecular flexibility index (Phi) is 6.98. The van der Waals surface area contributed by atoms with Crippen LogP contribution >= 0.6 is 0 Å². The first-order valence-electron chi connectivity index (χ1n) is 9.30. The normalized spacial score (nSPS) is 12.5. The lowest BCUT2D eigenvalue weighted by molar-refractivity contribution is 0.159. The summed E-state index contributed by atoms with van der Waals surface area (Å²) < 4.78 is 61.0. The van der Waals surface area contributed by atoms with Crippen molar-refractivity contribution in [1.82, 2.24) is 14.7 Å². The van der Waals surface area contributed by atoms with Crippen molar-refractivity contribution < 1.29 is 26.9 Å². The second kappa shape index (κ2) is 9.69. The Labute approximate surface area is 182 Å². The van der Waals surface area contributed by atoms with E-state index in [1.165, 1.54) is 11.6 Å². The van der Waals surface area contributed by atoms with E-state index < -0.39 is 33.3 Å². The number of amides is 1. The molecule has 0 bridgehead atoms. The molecular weight excluding hydrogens is 445 g/mol. The van der Waals surface area contributed by atoms with Crippen LogP contribution in [0.15, 0.2) is 48.7 Å². The minimum Gasteiger partial charge on any atom is -0.449 e. The van der Waals surface area contributed by atoms with Gasteiger partial charge in [-0.3, -0.25) is 0 Å². The molecule has 3 aromatic rings. The number of hydrogen-bond acceptors (Lipinski definition) is 6. The number of benzene rings is 2. The third-order valence-corrected chi connectivity index (χ3v) is 5.29. The average Bonchev–Trinajstić information content (AvgIpc) is 2.69. The van der Waals surface area contributed by atoms with Crippen LogP contribution in [0, 0.1) is 17.5 Å². The summed E-state index contributed by atoms with van der Waals surface area (Å²) in [6, 6.07) is 9.28. The lowest BCUT2D eigenvalue weighted by Crippen LogP contribution is -2.31. The number of ether oxygens (including phenoxy) is 1. The zero-order valence-electron chi connectivity index (χ0n) is 17.1. The number of halogens is 3. The standard InChI is InChI=1S/C21H19F3N4O3S/c1-3-31-21(29)28-32(2,30)12-13-5-4-6-15(9-13)26-20-25-11-18(24)19(27-20)16-8-7-14(22)10-17(16)23/h4-12H,3H2,1-2H3,(H,25,26,27)(H,28,29,30). The summed E-state index contributed by atoms with van der Waals surface area (Å²) in [5.41, 5.74) is 0.415. The number of anilines is 2. The van der Waals surface area contributed by atoms with Crippen LogP contribution in [0.4, 0.5) is 29.6 Å². The van der Waals surface area contributed by atoms with Crippen molar-refractivity contribution >= 4 is 32.8 Å². The number of aromatic nitrogens is 2. The second-order valence-corrected chi connectivity index (χ2v) is 8.86. The van der Waals surface area contributed by atoms with Gasteiger partial charge in [0.2, 0.25) is 5.95 Å². The molecule has 0 fully saturated rings. The summed E-state index contributed by atoms with van der Waals surface area (Å²) in [6.45, 7) is 1.77. The first kappa shape index (κ1) is 23.1. The summed E-state index contributed by atoms with van der Waals surface area (Å²) in [5, 5.41) is 4.21. The van der Waals surface area contributed by atoms with Crippen LogP contribution in [0.3, 0.4) is 0 Å². The first-order valence-corrected chi connectivity index (χ1v) is 11.3. The fourth-order valence-corrected chi connectivity index (χ4v) is 3.85. The molecule has 0 aliphatic rings. The van der Waals surface area contributed by atoms with E-state index in [4.69, 9.17) is 4.74 Å². The van der Waals surface area contributed by atoms with E-state index in [1.807, 2.05) is 0 Å². The number of nitrogens with one attached hydrogen (secondary N) is 2. The SMILES string of the molecule is CCOC(=O)NS(C)(=O)=Cc1cccc(Nc2ncc(F)c(-c3ccc(F)cc3F)n2)c1. The molecule has 0 spiro atoms. The van der Waals surface area contributed by atoms with Crippen LogP contribution in [0.2, 0.25) is 0 Å². The Morgan fingerprint density at radius 3 is 2.66 bits per heavy atom. The highest BCUT2D eigenvalue weighted by Crippen LogP contribution is 2.25. The number of carbonyl (C=O) groups is 1. The Bertz CT molecular complexity index is 1280. The molecule has 0 saturated carbocycles. The number of hydrogen-bond donors (Lipinski definition) is 2. The molecule has 2 N–H and O–H groups in total. The summed E-state index contributed by atoms with van der Waals surface area (Å²) in [7, 11) is -2.88. The van der Waals surface area contributed by atoms with E-state index in [2.05, 4.69) is 20.0 Å². The van der Waals surface area contributed by atoms with E-state index in [9.17, 15) is 22.2 Å². The van der Waals surface area contributed by atoms with Crippen molar-refractivity contribution in [2.75, 3.05) is 18.2 Å². The Morgan fingerprint density at radius 1 is 1.16 bits per heavy atom. The van der Waals surface area contributed by atoms with E-state index in [0.717, 1.165) is 18.3 Å². The van der Waals surface area contributed by atoms with Gasteiger partial charge in [-0.2, -0.15) is 0 Å². The number of rotatable bonds is 6. The van der Waals surface area contributed by atoms with Gasteiger partial charge in [0, 0.05) is 28.9 Å². The van der Waals surface area contributed by atoms with Crippen LogP contribution < -0.4 is 10.0 Å². The lowest BCUT2D eigenvalue weighted by Gasteiger charge is -2.10. The third kappa shape index (κ3) is 5.97. The van der Waals surface area contributed by atoms with Crippen LogP contribution in [0.1, 0.15) is 12.5 Å². The zero-order valence-corrected chi connectivity index (χ0v) is 17.9. The molecule has 1 heterocycles. The fourth-order valence-electron chi connectivity index (χ4n) is 2.73. The molecule has 11 heteroatoms. The summed E-state index contributed by atoms with van der Waals surface area (Å²) in [4.78, 5) is 19.4. The summed E-state index contributed by atoms with van der Waals surface area (Å²) in [6.07, 6.45) is 1.41. The van der Waals surface area contributed by atoms with Crippen LogP contribution in [0.25, 0.3) is 11.3 Å². The maximum atomic E-state index is 14.2. The number of nitrogens with zero attached hydrogens (tertiary/aromatic N) is 2. The third-order valence-electron chi connectivity index (χ3n) is 4.00. The fraction of sp³-hybridized carbons (Fsp3) is 0.143. The molecule has 1 unspecified atom stereocenters. The molecule has 2 aromatic carbocycles. The van der Waals surface area contributed by atoms with E-state index in [1.54, 1.807) is 31.2 Å². The highest BCUT2D eigenvalue weighted by atomic mass is 32.2. The Morgan fingerprint density at radius 2 is 1.94 bits per heavy atom. The van der Waals surface area contributed by atoms with Gasteiger partial charge in [-0.15, -0.1) is 0 Å². The topological polar surface area (TPSA) is 93.2 Å². The monoisotopic (exact) mass is 464 g/mol. The van der Waals surface area contributed by atoms with Gasteiger partial charge in [-0.25, -0.2) is 36.9 Å². The van der Waals surface area contributed by atoms with Gasteiger partial charge in [-0.05, 0) is 36.8 Å². The van der Waals surface area contributed by atoms with Gasteiger partial charge in [0.25, 0.3) is 0 Å². The van der Waals surface area contributed by atoms with Crippen molar-refractivity contribution in [2.45, 2.75) is 6.92 Å². The first-order chi connectivity index (χ1) is 15.2. The molecule has 168 valence electrons. The van der Waals surface area contributed by atoms with Crippen molar-refractivity contribution in [1.29, 1.82) is 0 Å². The molecule has 0 aliphatic carbocycles. The maximum Gasteiger partial charge on any atom is 0.418 e. The predicted octanol–water partition coefficient (Wildman–Crippen LogP) is 4.03. The van der Waals surface area contributed by atoms with E-state index in [0.29, 0.717) is 17.3 Å². The van der Waals surface area contributed by atoms with Gasteiger partial charge in [0.05, 0.1) is 22.5 Å². The van der Waals surface area contributed by atoms with Crippen LogP contribution in [0.5, 0.6) is 0 Å².